The Morgan fingerprint density at radius 3 is 2.68 bits per heavy atom. The number of rotatable bonds is 6. The van der Waals surface area contributed by atoms with Gasteiger partial charge in [0, 0.05) is 59.2 Å². The zero-order chi connectivity index (χ0) is 22.3. The van der Waals surface area contributed by atoms with Crippen molar-refractivity contribution < 1.29 is 9.59 Å². The van der Waals surface area contributed by atoms with Crippen molar-refractivity contribution in [1.82, 2.24) is 15.0 Å². The summed E-state index contributed by atoms with van der Waals surface area (Å²) < 4.78 is 3.11. The summed E-state index contributed by atoms with van der Waals surface area (Å²) >= 11 is 3.58. The van der Waals surface area contributed by atoms with Crippen LogP contribution < -0.4 is 15.5 Å². The van der Waals surface area contributed by atoms with E-state index in [4.69, 9.17) is 0 Å². The van der Waals surface area contributed by atoms with Crippen molar-refractivity contribution in [3.05, 3.63) is 45.6 Å². The number of anilines is 1. The Bertz CT molecular complexity index is 1110. The molecular formula is C23H28BrN5O2. The molecule has 0 spiro atoms. The Balaban J connectivity index is 1.66. The molecule has 31 heavy (non-hydrogen) atoms. The maximum Gasteiger partial charge on any atom is 0.254 e. The van der Waals surface area contributed by atoms with Crippen molar-refractivity contribution in [2.75, 3.05) is 31.1 Å². The smallest absolute Gasteiger partial charge is 0.254 e. The summed E-state index contributed by atoms with van der Waals surface area (Å²) in [4.78, 5) is 31.9. The Labute approximate surface area is 190 Å². The van der Waals surface area contributed by atoms with E-state index >= 15 is 0 Å². The quantitative estimate of drug-likeness (QED) is 0.658. The van der Waals surface area contributed by atoms with E-state index in [1.165, 1.54) is 0 Å². The summed E-state index contributed by atoms with van der Waals surface area (Å²) in [5, 5.41) is 6.31. The molecule has 1 atom stereocenters. The van der Waals surface area contributed by atoms with Crippen LogP contribution in [0.25, 0.3) is 5.52 Å². The molecular weight excluding hydrogens is 458 g/mol. The molecule has 1 unspecified atom stereocenters. The van der Waals surface area contributed by atoms with Crippen molar-refractivity contribution in [3.8, 4) is 0 Å². The summed E-state index contributed by atoms with van der Waals surface area (Å²) in [6.07, 6.45) is 3.95. The largest absolute Gasteiger partial charge is 0.352 e. The molecule has 0 bridgehead atoms. The minimum atomic E-state index is -0.410. The van der Waals surface area contributed by atoms with Crippen molar-refractivity contribution in [1.29, 1.82) is 0 Å². The van der Waals surface area contributed by atoms with Gasteiger partial charge in [-0.15, -0.1) is 0 Å². The SMILES string of the molecule is CCN(c1c(C)c(C(=O)NCC2C(=O)N=C(C)C=C2C)cc2cc(Br)cn12)C1CNC1. The average molecular weight is 486 g/mol. The Morgan fingerprint density at radius 2 is 2.06 bits per heavy atom. The molecule has 0 radical (unpaired) electrons. The number of likely N-dealkylation sites (N-methyl/N-ethyl adjacent to an activating group) is 1. The molecule has 2 aliphatic heterocycles. The lowest BCUT2D eigenvalue weighted by atomic mass is 9.95. The lowest BCUT2D eigenvalue weighted by Crippen LogP contribution is -2.58. The summed E-state index contributed by atoms with van der Waals surface area (Å²) in [6, 6.07) is 4.33. The molecule has 0 saturated carbocycles. The summed E-state index contributed by atoms with van der Waals surface area (Å²) in [5.41, 5.74) is 4.14. The van der Waals surface area contributed by atoms with Crippen LogP contribution >= 0.6 is 15.9 Å². The lowest BCUT2D eigenvalue weighted by molar-refractivity contribution is -0.120. The number of pyridine rings is 1. The van der Waals surface area contributed by atoms with E-state index in [-0.39, 0.29) is 18.4 Å². The number of amides is 2. The number of fused-ring (bicyclic) bond motifs is 1. The molecule has 7 nitrogen and oxygen atoms in total. The van der Waals surface area contributed by atoms with Gasteiger partial charge in [0.05, 0.1) is 12.0 Å². The van der Waals surface area contributed by atoms with Crippen molar-refractivity contribution in [2.45, 2.75) is 33.7 Å². The standard InChI is InChI=1S/C23H28BrN5O2/c1-5-28(18-9-25-10-18)23-15(4)19(8-17-7-16(24)12-29(17)23)21(30)26-11-20-13(2)6-14(3)27-22(20)31/h6-8,12,18,20,25H,5,9-11H2,1-4H3,(H,26,30). The molecule has 1 saturated heterocycles. The van der Waals surface area contributed by atoms with E-state index < -0.39 is 5.92 Å². The van der Waals surface area contributed by atoms with Crippen LogP contribution in [0.1, 0.15) is 36.7 Å². The number of nitrogens with zero attached hydrogens (tertiary/aromatic N) is 3. The fourth-order valence-electron chi connectivity index (χ4n) is 4.41. The van der Waals surface area contributed by atoms with Crippen LogP contribution in [-0.2, 0) is 4.79 Å². The second kappa shape index (κ2) is 8.59. The van der Waals surface area contributed by atoms with E-state index in [1.807, 2.05) is 45.2 Å². The molecule has 164 valence electrons. The molecule has 4 rings (SSSR count). The zero-order valence-electron chi connectivity index (χ0n) is 18.3. The van der Waals surface area contributed by atoms with E-state index in [1.54, 1.807) is 0 Å². The van der Waals surface area contributed by atoms with Gasteiger partial charge in [-0.2, -0.15) is 0 Å². The first-order chi connectivity index (χ1) is 14.8. The van der Waals surface area contributed by atoms with Crippen LogP contribution in [0.2, 0.25) is 0 Å². The maximum atomic E-state index is 13.2. The van der Waals surface area contributed by atoms with Gasteiger partial charge in [0.15, 0.2) is 0 Å². The highest BCUT2D eigenvalue weighted by Crippen LogP contribution is 2.31. The third-order valence-corrected chi connectivity index (χ3v) is 6.61. The van der Waals surface area contributed by atoms with Gasteiger partial charge in [-0.1, -0.05) is 5.57 Å². The van der Waals surface area contributed by atoms with Crippen LogP contribution in [0.4, 0.5) is 5.82 Å². The molecule has 2 N–H and O–H groups in total. The molecule has 1 fully saturated rings. The number of aromatic nitrogens is 1. The first kappa shape index (κ1) is 21.8. The van der Waals surface area contributed by atoms with Crippen LogP contribution in [0.5, 0.6) is 0 Å². The molecule has 2 aromatic rings. The molecule has 2 amide bonds. The second-order valence-corrected chi connectivity index (χ2v) is 9.22. The van der Waals surface area contributed by atoms with Gasteiger partial charge in [-0.25, -0.2) is 4.99 Å². The van der Waals surface area contributed by atoms with Gasteiger partial charge in [-0.05, 0) is 61.8 Å². The maximum absolute atomic E-state index is 13.2. The third kappa shape index (κ3) is 4.06. The highest BCUT2D eigenvalue weighted by molar-refractivity contribution is 9.10. The lowest BCUT2D eigenvalue weighted by Gasteiger charge is -2.40. The third-order valence-electron chi connectivity index (χ3n) is 6.17. The van der Waals surface area contributed by atoms with Crippen LogP contribution in [0.15, 0.2) is 39.4 Å². The molecule has 8 heteroatoms. The highest BCUT2D eigenvalue weighted by Gasteiger charge is 2.29. The van der Waals surface area contributed by atoms with E-state index in [0.29, 0.717) is 17.3 Å². The highest BCUT2D eigenvalue weighted by atomic mass is 79.9. The Kier molecular flexibility index (Phi) is 6.03. The molecule has 2 aromatic heterocycles. The molecule has 0 aromatic carbocycles. The van der Waals surface area contributed by atoms with Crippen molar-refractivity contribution >= 4 is 44.8 Å². The first-order valence-electron chi connectivity index (χ1n) is 10.6. The number of carbonyl (C=O) groups excluding carboxylic acids is 2. The fourth-order valence-corrected chi connectivity index (χ4v) is 4.85. The monoisotopic (exact) mass is 485 g/mol. The number of dihydropyridines is 1. The number of hydrogen-bond acceptors (Lipinski definition) is 4. The average Bonchev–Trinajstić information content (AvgIpc) is 3.03. The van der Waals surface area contributed by atoms with Gasteiger partial charge >= 0.3 is 0 Å². The van der Waals surface area contributed by atoms with Gasteiger partial charge in [0.2, 0.25) is 0 Å². The van der Waals surface area contributed by atoms with E-state index in [0.717, 1.165) is 46.6 Å². The second-order valence-electron chi connectivity index (χ2n) is 8.30. The fraction of sp³-hybridized carbons (Fsp3) is 0.435. The van der Waals surface area contributed by atoms with Crippen molar-refractivity contribution in [3.63, 3.8) is 0 Å². The summed E-state index contributed by atoms with van der Waals surface area (Å²) in [6.45, 7) is 10.8. The number of hydrogen-bond donors (Lipinski definition) is 2. The van der Waals surface area contributed by atoms with E-state index in [2.05, 4.69) is 47.8 Å². The predicted molar refractivity (Wildman–Crippen MR) is 127 cm³/mol. The Morgan fingerprint density at radius 1 is 1.32 bits per heavy atom. The predicted octanol–water partition coefficient (Wildman–Crippen LogP) is 3.10. The first-order valence-corrected chi connectivity index (χ1v) is 11.4. The number of nitrogens with one attached hydrogen (secondary N) is 2. The topological polar surface area (TPSA) is 78.2 Å². The molecule has 4 heterocycles. The number of halogens is 1. The summed E-state index contributed by atoms with van der Waals surface area (Å²) in [5.74, 6) is 0.253. The van der Waals surface area contributed by atoms with Crippen molar-refractivity contribution in [2.24, 2.45) is 10.9 Å². The van der Waals surface area contributed by atoms with E-state index in [9.17, 15) is 9.59 Å². The number of aliphatic imine (C=N–C) groups is 1. The number of allylic oxidation sites excluding steroid dienone is 1. The number of carbonyl (C=O) groups is 2. The van der Waals surface area contributed by atoms with Gasteiger partial charge in [0.1, 0.15) is 5.82 Å². The molecule has 2 aliphatic rings. The Hall–Kier alpha value is -2.45. The minimum Gasteiger partial charge on any atom is -0.352 e. The zero-order valence-corrected chi connectivity index (χ0v) is 19.9. The van der Waals surface area contributed by atoms with Crippen LogP contribution in [0.3, 0.4) is 0 Å². The minimum absolute atomic E-state index is 0.173. The summed E-state index contributed by atoms with van der Waals surface area (Å²) in [7, 11) is 0. The van der Waals surface area contributed by atoms with Gasteiger partial charge in [-0.3, -0.25) is 9.59 Å². The van der Waals surface area contributed by atoms with Crippen LogP contribution in [-0.4, -0.2) is 54.1 Å². The van der Waals surface area contributed by atoms with Crippen LogP contribution in [0, 0.1) is 12.8 Å². The molecule has 0 aliphatic carbocycles. The normalized spacial score (nSPS) is 19.1. The van der Waals surface area contributed by atoms with Gasteiger partial charge < -0.3 is 19.9 Å². The van der Waals surface area contributed by atoms with Gasteiger partial charge in [0.25, 0.3) is 11.8 Å².